The Morgan fingerprint density at radius 2 is 1.71 bits per heavy atom. The lowest BCUT2D eigenvalue weighted by Crippen LogP contribution is -3.13. The van der Waals surface area contributed by atoms with Gasteiger partial charge in [0.2, 0.25) is 0 Å². The number of carbonyl (C=O) groups excluding carboxylic acids is 2. The molecule has 0 radical (unpaired) electrons. The molecule has 2 N–H and O–H groups in total. The van der Waals surface area contributed by atoms with E-state index in [-0.39, 0.29) is 5.91 Å². The number of carbonyl (C=O) groups is 2. The molecule has 0 saturated carbocycles. The van der Waals surface area contributed by atoms with E-state index in [9.17, 15) is 9.59 Å². The van der Waals surface area contributed by atoms with Crippen molar-refractivity contribution in [3.63, 3.8) is 0 Å². The fourth-order valence-corrected chi connectivity index (χ4v) is 3.75. The van der Waals surface area contributed by atoms with E-state index in [1.54, 1.807) is 0 Å². The number of rotatable bonds is 5. The summed E-state index contributed by atoms with van der Waals surface area (Å²) in [5.41, 5.74) is 3.73. The molecule has 0 atom stereocenters. The first-order chi connectivity index (χ1) is 14.7. The van der Waals surface area contributed by atoms with Crippen molar-refractivity contribution < 1.29 is 19.2 Å². The largest absolute Gasteiger partial charge is 0.444 e. The number of hydrogen-bond acceptors (Lipinski definition) is 3. The topological polar surface area (TPSA) is 63.1 Å². The van der Waals surface area contributed by atoms with Crippen LogP contribution in [-0.4, -0.2) is 48.7 Å². The average molecular weight is 425 g/mol. The lowest BCUT2D eigenvalue weighted by molar-refractivity contribution is -0.917. The third-order valence-electron chi connectivity index (χ3n) is 5.33. The number of nitrogens with one attached hydrogen (secondary N) is 2. The van der Waals surface area contributed by atoms with Crippen molar-refractivity contribution in [2.45, 2.75) is 46.4 Å². The summed E-state index contributed by atoms with van der Waals surface area (Å²) in [5, 5.41) is 2.74. The molecule has 0 unspecified atom stereocenters. The Hall–Kier alpha value is -2.86. The quantitative estimate of drug-likeness (QED) is 0.776. The minimum absolute atomic E-state index is 0.0706. The zero-order chi connectivity index (χ0) is 22.4. The molecule has 166 valence electrons. The molecule has 2 aromatic rings. The van der Waals surface area contributed by atoms with E-state index >= 15 is 0 Å². The first-order valence-electron chi connectivity index (χ1n) is 10.9. The molecule has 6 heteroatoms. The van der Waals surface area contributed by atoms with E-state index in [1.807, 2.05) is 49.9 Å². The Labute approximate surface area is 185 Å². The number of ether oxygens (including phenoxy) is 1. The summed E-state index contributed by atoms with van der Waals surface area (Å²) in [4.78, 5) is 28.1. The zero-order valence-electron chi connectivity index (χ0n) is 19.0. The smallest absolute Gasteiger partial charge is 0.407 e. The van der Waals surface area contributed by atoms with Crippen LogP contribution in [0.25, 0.3) is 0 Å². The van der Waals surface area contributed by atoms with Crippen molar-refractivity contribution in [3.05, 3.63) is 70.8 Å². The van der Waals surface area contributed by atoms with Crippen molar-refractivity contribution in [2.75, 3.05) is 26.2 Å². The van der Waals surface area contributed by atoms with E-state index in [0.717, 1.165) is 38.3 Å². The van der Waals surface area contributed by atoms with Gasteiger partial charge in [0, 0.05) is 17.7 Å². The van der Waals surface area contributed by atoms with Crippen molar-refractivity contribution in [1.29, 1.82) is 0 Å². The maximum atomic E-state index is 12.9. The van der Waals surface area contributed by atoms with Crippen molar-refractivity contribution in [3.8, 4) is 0 Å². The van der Waals surface area contributed by atoms with Gasteiger partial charge in [0.15, 0.2) is 0 Å². The molecular formula is C25H34N3O3+. The summed E-state index contributed by atoms with van der Waals surface area (Å²) in [6, 6.07) is 16.1. The predicted octanol–water partition coefficient (Wildman–Crippen LogP) is 2.56. The monoisotopic (exact) mass is 424 g/mol. The number of amides is 2. The van der Waals surface area contributed by atoms with E-state index in [4.69, 9.17) is 4.74 Å². The molecule has 1 aliphatic rings. The molecule has 6 nitrogen and oxygen atoms in total. The van der Waals surface area contributed by atoms with Gasteiger partial charge in [-0.15, -0.1) is 0 Å². The van der Waals surface area contributed by atoms with Gasteiger partial charge in [0.25, 0.3) is 5.91 Å². The third kappa shape index (κ3) is 7.10. The number of alkyl carbamates (subject to hydrolysis) is 1. The highest BCUT2D eigenvalue weighted by atomic mass is 16.6. The normalized spacial score (nSPS) is 14.9. The number of hydrogen-bond donors (Lipinski definition) is 2. The first kappa shape index (κ1) is 22.8. The van der Waals surface area contributed by atoms with Crippen LogP contribution in [0.5, 0.6) is 0 Å². The summed E-state index contributed by atoms with van der Waals surface area (Å²) >= 11 is 0. The Bertz CT molecular complexity index is 895. The maximum absolute atomic E-state index is 12.9. The first-order valence-corrected chi connectivity index (χ1v) is 10.9. The minimum atomic E-state index is -0.522. The fourth-order valence-electron chi connectivity index (χ4n) is 3.75. The SMILES string of the molecule is Cc1cccc(C[NH+]2CCN(C(=O)c3ccc(CNC(=O)OC(C)(C)C)cc3)CC2)c1. The summed E-state index contributed by atoms with van der Waals surface area (Å²) in [6.07, 6.45) is -0.446. The van der Waals surface area contributed by atoms with E-state index < -0.39 is 11.7 Å². The van der Waals surface area contributed by atoms with Gasteiger partial charge in [0.05, 0.1) is 26.2 Å². The zero-order valence-corrected chi connectivity index (χ0v) is 19.0. The molecule has 0 aromatic heterocycles. The third-order valence-corrected chi connectivity index (χ3v) is 5.33. The average Bonchev–Trinajstić information content (AvgIpc) is 2.71. The van der Waals surface area contributed by atoms with E-state index in [2.05, 4.69) is 36.5 Å². The number of aryl methyl sites for hydroxylation is 1. The highest BCUT2D eigenvalue weighted by molar-refractivity contribution is 5.94. The van der Waals surface area contributed by atoms with E-state index in [0.29, 0.717) is 12.1 Å². The lowest BCUT2D eigenvalue weighted by atomic mass is 10.1. The van der Waals surface area contributed by atoms with Crippen molar-refractivity contribution in [2.24, 2.45) is 0 Å². The van der Waals surface area contributed by atoms with Crippen LogP contribution >= 0.6 is 0 Å². The molecule has 1 saturated heterocycles. The molecule has 1 heterocycles. The molecule has 31 heavy (non-hydrogen) atoms. The molecule has 3 rings (SSSR count). The van der Waals surface area contributed by atoms with Crippen LogP contribution in [0.1, 0.15) is 47.8 Å². The second kappa shape index (κ2) is 9.96. The molecule has 2 amide bonds. The molecule has 0 aliphatic carbocycles. The van der Waals surface area contributed by atoms with Gasteiger partial charge >= 0.3 is 6.09 Å². The number of quaternary nitrogens is 1. The van der Waals surface area contributed by atoms with Crippen LogP contribution in [-0.2, 0) is 17.8 Å². The molecule has 2 aromatic carbocycles. The van der Waals surface area contributed by atoms with Gasteiger partial charge in [-0.05, 0) is 45.4 Å². The van der Waals surface area contributed by atoms with Crippen LogP contribution in [0.4, 0.5) is 4.79 Å². The molecule has 1 aliphatic heterocycles. The van der Waals surface area contributed by atoms with Crippen LogP contribution < -0.4 is 10.2 Å². The number of nitrogens with zero attached hydrogens (tertiary/aromatic N) is 1. The summed E-state index contributed by atoms with van der Waals surface area (Å²) in [7, 11) is 0. The summed E-state index contributed by atoms with van der Waals surface area (Å²) in [5.74, 6) is 0.0706. The highest BCUT2D eigenvalue weighted by Gasteiger charge is 2.24. The van der Waals surface area contributed by atoms with Gasteiger partial charge in [-0.25, -0.2) is 4.79 Å². The lowest BCUT2D eigenvalue weighted by Gasteiger charge is -2.32. The summed E-state index contributed by atoms with van der Waals surface area (Å²) < 4.78 is 5.24. The van der Waals surface area contributed by atoms with Crippen LogP contribution in [0.15, 0.2) is 48.5 Å². The Morgan fingerprint density at radius 1 is 1.03 bits per heavy atom. The van der Waals surface area contributed by atoms with Gasteiger partial charge < -0.3 is 19.9 Å². The number of benzene rings is 2. The Balaban J connectivity index is 1.47. The van der Waals surface area contributed by atoms with Gasteiger partial charge in [-0.3, -0.25) is 4.79 Å². The Morgan fingerprint density at radius 3 is 2.32 bits per heavy atom. The van der Waals surface area contributed by atoms with Crippen molar-refractivity contribution in [1.82, 2.24) is 10.2 Å². The second-order valence-corrected chi connectivity index (χ2v) is 9.26. The number of piperazine rings is 1. The standard InChI is InChI=1S/C25H33N3O3/c1-19-6-5-7-21(16-19)18-27-12-14-28(15-13-27)23(29)22-10-8-20(9-11-22)17-26-24(30)31-25(2,3)4/h5-11,16H,12-15,17-18H2,1-4H3,(H,26,30)/p+1. The van der Waals surface area contributed by atoms with Crippen LogP contribution in [0.2, 0.25) is 0 Å². The molecule has 1 fully saturated rings. The molecule has 0 spiro atoms. The van der Waals surface area contributed by atoms with Gasteiger partial charge in [0.1, 0.15) is 12.1 Å². The Kier molecular flexibility index (Phi) is 7.33. The fraction of sp³-hybridized carbons (Fsp3) is 0.440. The molecular weight excluding hydrogens is 390 g/mol. The molecule has 0 bridgehead atoms. The maximum Gasteiger partial charge on any atom is 0.407 e. The minimum Gasteiger partial charge on any atom is -0.444 e. The van der Waals surface area contributed by atoms with Crippen molar-refractivity contribution >= 4 is 12.0 Å². The van der Waals surface area contributed by atoms with E-state index in [1.165, 1.54) is 16.0 Å². The van der Waals surface area contributed by atoms with Crippen LogP contribution in [0.3, 0.4) is 0 Å². The van der Waals surface area contributed by atoms with Gasteiger partial charge in [-0.2, -0.15) is 0 Å². The second-order valence-electron chi connectivity index (χ2n) is 9.26. The van der Waals surface area contributed by atoms with Gasteiger partial charge in [-0.1, -0.05) is 42.0 Å². The summed E-state index contributed by atoms with van der Waals surface area (Å²) in [6.45, 7) is 12.4. The predicted molar refractivity (Wildman–Crippen MR) is 121 cm³/mol. The highest BCUT2D eigenvalue weighted by Crippen LogP contribution is 2.10. The van der Waals surface area contributed by atoms with Crippen LogP contribution in [0, 0.1) is 6.92 Å².